The molecule has 0 aromatic rings. The van der Waals surface area contributed by atoms with Gasteiger partial charge in [-0.15, -0.1) is 0 Å². The summed E-state index contributed by atoms with van der Waals surface area (Å²) in [6, 6.07) is 0. The van der Waals surface area contributed by atoms with Crippen molar-refractivity contribution < 1.29 is 8.76 Å². The van der Waals surface area contributed by atoms with Gasteiger partial charge >= 0.3 is 0 Å². The monoisotopic (exact) mass is 151 g/mol. The Morgan fingerprint density at radius 2 is 2.33 bits per heavy atom. The Hall–Kier alpha value is -0.0600. The Balaban J connectivity index is 3.95. The molecule has 56 valence electrons. The number of nitrogens with one attached hydrogen (secondary N) is 1. The molecule has 0 fully saturated rings. The van der Waals surface area contributed by atoms with E-state index in [0.717, 1.165) is 6.42 Å². The second-order valence-electron chi connectivity index (χ2n) is 1.73. The highest BCUT2D eigenvalue weighted by Gasteiger charge is 1.91. The van der Waals surface area contributed by atoms with E-state index in [9.17, 15) is 4.21 Å². The zero-order valence-corrected chi connectivity index (χ0v) is 6.57. The van der Waals surface area contributed by atoms with Crippen molar-refractivity contribution in [2.45, 2.75) is 19.8 Å². The maximum atomic E-state index is 10.7. The second-order valence-corrected chi connectivity index (χ2v) is 3.61. The van der Waals surface area contributed by atoms with E-state index in [2.05, 4.69) is 4.72 Å². The van der Waals surface area contributed by atoms with Crippen LogP contribution in [0.1, 0.15) is 19.8 Å². The summed E-state index contributed by atoms with van der Waals surface area (Å²) in [6.45, 7) is 1.96. The molecule has 9 heavy (non-hydrogen) atoms. The molecule has 0 saturated carbocycles. The molecule has 0 amide bonds. The van der Waals surface area contributed by atoms with Crippen molar-refractivity contribution in [3.05, 3.63) is 0 Å². The topological polar surface area (TPSA) is 49.3 Å². The lowest BCUT2D eigenvalue weighted by Gasteiger charge is -1.97. The van der Waals surface area contributed by atoms with E-state index in [0.29, 0.717) is 6.42 Å². The third-order valence-electron chi connectivity index (χ3n) is 0.925. The van der Waals surface area contributed by atoms with Gasteiger partial charge in [-0.3, -0.25) is 0 Å². The fourth-order valence-corrected chi connectivity index (χ4v) is 1.08. The largest absolute Gasteiger partial charge is 0.302 e. The zero-order valence-electron chi connectivity index (χ0n) is 5.76. The molecule has 3 nitrogen and oxygen atoms in total. The van der Waals surface area contributed by atoms with Crippen molar-refractivity contribution in [2.24, 2.45) is 0 Å². The minimum absolute atomic E-state index is 0.677. The highest BCUT2D eigenvalue weighted by atomic mass is 32.2. The van der Waals surface area contributed by atoms with Gasteiger partial charge in [-0.2, -0.15) is 0 Å². The van der Waals surface area contributed by atoms with Gasteiger partial charge in [0, 0.05) is 5.37 Å². The number of rotatable bonds is 3. The van der Waals surface area contributed by atoms with E-state index >= 15 is 0 Å². The fourth-order valence-electron chi connectivity index (χ4n) is 0.361. The van der Waals surface area contributed by atoms with Crippen LogP contribution in [0.5, 0.6) is 0 Å². The van der Waals surface area contributed by atoms with Gasteiger partial charge in [0.25, 0.3) is 0 Å². The van der Waals surface area contributed by atoms with Crippen molar-refractivity contribution in [1.29, 1.82) is 0 Å². The van der Waals surface area contributed by atoms with Crippen LogP contribution in [-0.2, 0) is 9.99 Å². The maximum Gasteiger partial charge on any atom is 0.141 e. The van der Waals surface area contributed by atoms with E-state index in [1.807, 2.05) is 6.92 Å². The fraction of sp³-hybridized carbons (Fsp3) is 0.800. The predicted octanol–water partition coefficient (Wildman–Crippen LogP) is 0.480. The molecule has 0 spiro atoms. The maximum absolute atomic E-state index is 10.7. The lowest BCUT2D eigenvalue weighted by Crippen LogP contribution is -2.19. The molecule has 0 radical (unpaired) electrons. The quantitative estimate of drug-likeness (QED) is 0.576. The first-order valence-electron chi connectivity index (χ1n) is 2.90. The molecule has 2 N–H and O–H groups in total. The van der Waals surface area contributed by atoms with Crippen LogP contribution in [0.15, 0.2) is 0 Å². The van der Waals surface area contributed by atoms with Gasteiger partial charge in [0.2, 0.25) is 0 Å². The van der Waals surface area contributed by atoms with E-state index < -0.39 is 9.99 Å². The van der Waals surface area contributed by atoms with Crippen LogP contribution >= 0.6 is 0 Å². The highest BCUT2D eigenvalue weighted by Crippen LogP contribution is 1.83. The summed E-state index contributed by atoms with van der Waals surface area (Å²) in [6.07, 6.45) is 1.58. The Morgan fingerprint density at radius 1 is 1.78 bits per heavy atom. The van der Waals surface area contributed by atoms with Crippen molar-refractivity contribution in [1.82, 2.24) is 4.72 Å². The predicted molar refractivity (Wildman–Crippen MR) is 40.8 cm³/mol. The molecular formula is C5H13NO2S. The molecule has 0 aliphatic heterocycles. The van der Waals surface area contributed by atoms with Crippen LogP contribution in [0.25, 0.3) is 0 Å². The van der Waals surface area contributed by atoms with Gasteiger partial charge < -0.3 is 4.55 Å². The Kier molecular flexibility index (Phi) is 3.84. The smallest absolute Gasteiger partial charge is 0.141 e. The Labute approximate surface area is 56.4 Å². The van der Waals surface area contributed by atoms with Crippen molar-refractivity contribution >= 4 is 15.4 Å². The molecule has 0 rings (SSSR count). The summed E-state index contributed by atoms with van der Waals surface area (Å²) in [5.41, 5.74) is 0. The third-order valence-corrected chi connectivity index (χ3v) is 2.20. The molecule has 1 unspecified atom stereocenters. The van der Waals surface area contributed by atoms with Gasteiger partial charge in [0.1, 0.15) is 9.99 Å². The first kappa shape index (κ1) is 8.94. The van der Waals surface area contributed by atoms with Crippen molar-refractivity contribution in [3.8, 4) is 0 Å². The van der Waals surface area contributed by atoms with Gasteiger partial charge in [-0.1, -0.05) is 13.3 Å². The van der Waals surface area contributed by atoms with E-state index in [4.69, 9.17) is 4.55 Å². The molecular weight excluding hydrogens is 138 g/mol. The van der Waals surface area contributed by atoms with E-state index in [1.165, 1.54) is 12.4 Å². The minimum Gasteiger partial charge on any atom is -0.302 e. The molecule has 0 heterocycles. The van der Waals surface area contributed by atoms with Crippen LogP contribution in [0.4, 0.5) is 0 Å². The average Bonchev–Trinajstić information content (AvgIpc) is 1.84. The van der Waals surface area contributed by atoms with Gasteiger partial charge in [-0.05, 0) is 13.5 Å². The molecule has 0 bridgehead atoms. The van der Waals surface area contributed by atoms with Crippen LogP contribution in [-0.4, -0.2) is 21.2 Å². The van der Waals surface area contributed by atoms with Crippen molar-refractivity contribution in [2.75, 3.05) is 7.05 Å². The SMILES string of the molecule is CCCC=S(=O)(O)NC. The van der Waals surface area contributed by atoms with E-state index in [-0.39, 0.29) is 0 Å². The first-order chi connectivity index (χ1) is 4.12. The summed E-state index contributed by atoms with van der Waals surface area (Å²) in [5.74, 6) is 0. The third kappa shape index (κ3) is 4.44. The number of unbranched alkanes of at least 4 members (excludes halogenated alkanes) is 1. The van der Waals surface area contributed by atoms with Gasteiger partial charge in [0.15, 0.2) is 0 Å². The Morgan fingerprint density at radius 3 is 2.67 bits per heavy atom. The first-order valence-corrected chi connectivity index (χ1v) is 4.48. The van der Waals surface area contributed by atoms with Crippen LogP contribution < -0.4 is 4.72 Å². The normalized spacial score (nSPS) is 16.8. The minimum atomic E-state index is -2.81. The van der Waals surface area contributed by atoms with Crippen LogP contribution in [0.2, 0.25) is 0 Å². The highest BCUT2D eigenvalue weighted by molar-refractivity contribution is 7.94. The molecule has 4 heteroatoms. The molecule has 0 aliphatic carbocycles. The van der Waals surface area contributed by atoms with Crippen LogP contribution in [0, 0.1) is 0 Å². The van der Waals surface area contributed by atoms with E-state index in [1.54, 1.807) is 0 Å². The summed E-state index contributed by atoms with van der Waals surface area (Å²) in [7, 11) is -1.34. The van der Waals surface area contributed by atoms with Crippen molar-refractivity contribution in [3.63, 3.8) is 0 Å². The summed E-state index contributed by atoms with van der Waals surface area (Å²) >= 11 is 0. The second kappa shape index (κ2) is 3.87. The summed E-state index contributed by atoms with van der Waals surface area (Å²) in [4.78, 5) is 0. The molecule has 0 aliphatic rings. The standard InChI is InChI=1S/C5H13NO2S/c1-3-4-5-9(7,8)6-2/h5H,3-4H2,1-2H3,(H2,6,7,8). The lowest BCUT2D eigenvalue weighted by atomic mass is 10.4. The zero-order chi connectivity index (χ0) is 7.33. The average molecular weight is 151 g/mol. The van der Waals surface area contributed by atoms with Crippen LogP contribution in [0.3, 0.4) is 0 Å². The lowest BCUT2D eigenvalue weighted by molar-refractivity contribution is 0.550. The molecule has 0 aromatic heterocycles. The summed E-state index contributed by atoms with van der Waals surface area (Å²) in [5, 5.41) is 1.40. The number of hydrogen-bond acceptors (Lipinski definition) is 1. The molecule has 0 saturated heterocycles. The molecule has 0 aromatic carbocycles. The van der Waals surface area contributed by atoms with Gasteiger partial charge in [-0.25, -0.2) is 8.93 Å². The number of hydrogen-bond donors (Lipinski definition) is 2. The summed E-state index contributed by atoms with van der Waals surface area (Å²) < 4.78 is 21.8. The van der Waals surface area contributed by atoms with Gasteiger partial charge in [0.05, 0.1) is 0 Å². The Bertz CT molecular complexity index is 170. The molecule has 1 atom stereocenters.